The lowest BCUT2D eigenvalue weighted by molar-refractivity contribution is 0.0973. The van der Waals surface area contributed by atoms with Crippen LogP contribution >= 0.6 is 11.6 Å². The van der Waals surface area contributed by atoms with Crippen LogP contribution < -0.4 is 10.6 Å². The number of carbonyl (C=O) groups is 1. The molecule has 0 spiro atoms. The number of anilines is 1. The molecular weight excluding hydrogens is 443 g/mol. The minimum atomic E-state index is -0.623. The Labute approximate surface area is 195 Å². The Kier molecular flexibility index (Phi) is 6.65. The Morgan fingerprint density at radius 1 is 1.12 bits per heavy atom. The van der Waals surface area contributed by atoms with Crippen molar-refractivity contribution in [3.63, 3.8) is 0 Å². The molecule has 2 aromatic carbocycles. The largest absolute Gasteiger partial charge is 0.361 e. The van der Waals surface area contributed by atoms with E-state index in [1.807, 2.05) is 44.3 Å². The number of aromatic amines is 1. The molecular formula is C24H22ClFN6O. The number of amides is 1. The van der Waals surface area contributed by atoms with Gasteiger partial charge in [-0.05, 0) is 62.2 Å². The molecule has 0 unspecified atom stereocenters. The van der Waals surface area contributed by atoms with Crippen molar-refractivity contribution in [3.05, 3.63) is 88.1 Å². The normalized spacial score (nSPS) is 11.6. The molecule has 0 fully saturated rings. The number of H-pyrrole nitrogens is 1. The van der Waals surface area contributed by atoms with Crippen molar-refractivity contribution < 1.29 is 9.18 Å². The SMILES string of the molecule is Cc1cc(C)nc(NC(=NCCc2c[nH]c3ccc(Cl)cc23)NC(=O)c2ccccc2F)n1. The number of halogens is 2. The maximum atomic E-state index is 14.1. The van der Waals surface area contributed by atoms with E-state index in [1.165, 1.54) is 18.2 Å². The number of hydrogen-bond acceptors (Lipinski definition) is 4. The molecule has 4 aromatic rings. The van der Waals surface area contributed by atoms with Gasteiger partial charge in [0.05, 0.1) is 5.56 Å². The summed E-state index contributed by atoms with van der Waals surface area (Å²) in [4.78, 5) is 29.0. The molecule has 0 bridgehead atoms. The number of guanidine groups is 1. The van der Waals surface area contributed by atoms with Crippen molar-refractivity contribution >= 4 is 40.3 Å². The standard InChI is InChI=1S/C24H22ClFN6O/c1-14-11-15(2)30-24(29-14)32-23(31-22(33)18-5-3-4-6-20(18)26)27-10-9-16-13-28-21-8-7-17(25)12-19(16)21/h3-8,11-13,28H,9-10H2,1-2H3,(H2,27,29,30,31,32,33). The zero-order valence-electron chi connectivity index (χ0n) is 18.1. The average Bonchev–Trinajstić information content (AvgIpc) is 3.15. The van der Waals surface area contributed by atoms with E-state index >= 15 is 0 Å². The number of nitrogens with zero attached hydrogens (tertiary/aromatic N) is 3. The van der Waals surface area contributed by atoms with Crippen molar-refractivity contribution in [2.45, 2.75) is 20.3 Å². The molecule has 0 saturated carbocycles. The summed E-state index contributed by atoms with van der Waals surface area (Å²) in [5.74, 6) is -0.819. The summed E-state index contributed by atoms with van der Waals surface area (Å²) in [5.41, 5.74) is 3.47. The van der Waals surface area contributed by atoms with Crippen LogP contribution in [0.2, 0.25) is 5.02 Å². The van der Waals surface area contributed by atoms with Crippen molar-refractivity contribution in [1.82, 2.24) is 20.3 Å². The first-order chi connectivity index (χ1) is 15.9. The monoisotopic (exact) mass is 464 g/mol. The van der Waals surface area contributed by atoms with Gasteiger partial charge in [-0.3, -0.25) is 20.4 Å². The van der Waals surface area contributed by atoms with Gasteiger partial charge < -0.3 is 4.98 Å². The summed E-state index contributed by atoms with van der Waals surface area (Å²) < 4.78 is 14.1. The van der Waals surface area contributed by atoms with Gasteiger partial charge in [0, 0.05) is 40.1 Å². The third-order valence-corrected chi connectivity index (χ3v) is 5.18. The van der Waals surface area contributed by atoms with Crippen LogP contribution in [0.25, 0.3) is 10.9 Å². The van der Waals surface area contributed by atoms with Gasteiger partial charge in [0.15, 0.2) is 0 Å². The van der Waals surface area contributed by atoms with Gasteiger partial charge >= 0.3 is 0 Å². The highest BCUT2D eigenvalue weighted by Gasteiger charge is 2.14. The molecule has 0 radical (unpaired) electrons. The maximum absolute atomic E-state index is 14.1. The quantitative estimate of drug-likeness (QED) is 0.292. The number of hydrogen-bond donors (Lipinski definition) is 3. The molecule has 7 nitrogen and oxygen atoms in total. The molecule has 0 saturated heterocycles. The second-order valence-electron chi connectivity index (χ2n) is 7.52. The van der Waals surface area contributed by atoms with Crippen molar-refractivity contribution in [3.8, 4) is 0 Å². The first kappa shape index (κ1) is 22.4. The molecule has 1 amide bonds. The number of rotatable bonds is 5. The summed E-state index contributed by atoms with van der Waals surface area (Å²) >= 11 is 6.13. The number of aryl methyl sites for hydroxylation is 2. The molecule has 2 aromatic heterocycles. The number of carbonyl (C=O) groups excluding carboxylic acids is 1. The Bertz CT molecular complexity index is 1330. The second kappa shape index (κ2) is 9.79. The molecule has 4 rings (SSSR count). The highest BCUT2D eigenvalue weighted by molar-refractivity contribution is 6.31. The highest BCUT2D eigenvalue weighted by Crippen LogP contribution is 2.22. The summed E-state index contributed by atoms with van der Waals surface area (Å²) in [5, 5.41) is 7.26. The summed E-state index contributed by atoms with van der Waals surface area (Å²) in [6, 6.07) is 13.2. The lowest BCUT2D eigenvalue weighted by Gasteiger charge is -2.12. The first-order valence-corrected chi connectivity index (χ1v) is 10.7. The van der Waals surface area contributed by atoms with E-state index in [4.69, 9.17) is 11.6 Å². The summed E-state index contributed by atoms with van der Waals surface area (Å²) in [6.45, 7) is 4.04. The van der Waals surface area contributed by atoms with E-state index in [9.17, 15) is 9.18 Å². The predicted octanol–water partition coefficient (Wildman–Crippen LogP) is 4.81. The van der Waals surface area contributed by atoms with E-state index < -0.39 is 11.7 Å². The zero-order valence-corrected chi connectivity index (χ0v) is 18.9. The van der Waals surface area contributed by atoms with Crippen LogP contribution in [-0.2, 0) is 6.42 Å². The minimum Gasteiger partial charge on any atom is -0.361 e. The smallest absolute Gasteiger partial charge is 0.260 e. The van der Waals surface area contributed by atoms with Gasteiger partial charge in [0.1, 0.15) is 5.82 Å². The molecule has 2 heterocycles. The van der Waals surface area contributed by atoms with Crippen LogP contribution in [0.15, 0.2) is 59.7 Å². The van der Waals surface area contributed by atoms with Gasteiger partial charge in [0.2, 0.25) is 11.9 Å². The first-order valence-electron chi connectivity index (χ1n) is 10.3. The van der Waals surface area contributed by atoms with E-state index in [0.717, 1.165) is 27.9 Å². The van der Waals surface area contributed by atoms with E-state index in [1.54, 1.807) is 6.07 Å². The lowest BCUT2D eigenvalue weighted by Crippen LogP contribution is -2.37. The topological polar surface area (TPSA) is 95.1 Å². The van der Waals surface area contributed by atoms with Crippen molar-refractivity contribution in [2.75, 3.05) is 11.9 Å². The number of aromatic nitrogens is 3. The third-order valence-electron chi connectivity index (χ3n) is 4.94. The fraction of sp³-hybridized carbons (Fsp3) is 0.167. The Hall–Kier alpha value is -3.78. The Morgan fingerprint density at radius 2 is 1.88 bits per heavy atom. The molecule has 33 heavy (non-hydrogen) atoms. The fourth-order valence-corrected chi connectivity index (χ4v) is 3.64. The average molecular weight is 465 g/mol. The van der Waals surface area contributed by atoms with E-state index in [2.05, 4.69) is 30.6 Å². The maximum Gasteiger partial charge on any atom is 0.260 e. The molecule has 9 heteroatoms. The van der Waals surface area contributed by atoms with Gasteiger partial charge in [-0.25, -0.2) is 14.4 Å². The van der Waals surface area contributed by atoms with Gasteiger partial charge in [-0.2, -0.15) is 0 Å². The van der Waals surface area contributed by atoms with E-state index in [0.29, 0.717) is 23.9 Å². The zero-order chi connectivity index (χ0) is 23.4. The molecule has 0 atom stereocenters. The van der Waals surface area contributed by atoms with Crippen molar-refractivity contribution in [2.24, 2.45) is 4.99 Å². The predicted molar refractivity (Wildman–Crippen MR) is 128 cm³/mol. The third kappa shape index (κ3) is 5.53. The number of nitrogens with one attached hydrogen (secondary N) is 3. The minimum absolute atomic E-state index is 0.0837. The fourth-order valence-electron chi connectivity index (χ4n) is 3.46. The number of aliphatic imine (C=N–C) groups is 1. The van der Waals surface area contributed by atoms with E-state index in [-0.39, 0.29) is 11.5 Å². The van der Waals surface area contributed by atoms with Gasteiger partial charge in [-0.15, -0.1) is 0 Å². The van der Waals surface area contributed by atoms with Crippen LogP contribution in [-0.4, -0.2) is 33.4 Å². The summed E-state index contributed by atoms with van der Waals surface area (Å²) in [7, 11) is 0. The van der Waals surface area contributed by atoms with Crippen molar-refractivity contribution in [1.29, 1.82) is 0 Å². The summed E-state index contributed by atoms with van der Waals surface area (Å²) in [6.07, 6.45) is 2.50. The Balaban J connectivity index is 1.56. The number of benzene rings is 2. The van der Waals surface area contributed by atoms with Crippen LogP contribution in [0.3, 0.4) is 0 Å². The highest BCUT2D eigenvalue weighted by atomic mass is 35.5. The number of fused-ring (bicyclic) bond motifs is 1. The lowest BCUT2D eigenvalue weighted by atomic mass is 10.1. The molecule has 3 N–H and O–H groups in total. The van der Waals surface area contributed by atoms with Crippen LogP contribution in [0.1, 0.15) is 27.3 Å². The molecule has 0 aliphatic heterocycles. The molecule has 0 aliphatic carbocycles. The van der Waals surface area contributed by atoms with Crippen LogP contribution in [0, 0.1) is 19.7 Å². The van der Waals surface area contributed by atoms with Gasteiger partial charge in [0.25, 0.3) is 5.91 Å². The van der Waals surface area contributed by atoms with Gasteiger partial charge in [-0.1, -0.05) is 23.7 Å². The second-order valence-corrected chi connectivity index (χ2v) is 7.95. The Morgan fingerprint density at radius 3 is 2.64 bits per heavy atom. The van der Waals surface area contributed by atoms with Crippen LogP contribution in [0.4, 0.5) is 10.3 Å². The van der Waals surface area contributed by atoms with Crippen LogP contribution in [0.5, 0.6) is 0 Å². The molecule has 0 aliphatic rings. The molecule has 168 valence electrons.